The van der Waals surface area contributed by atoms with Crippen molar-refractivity contribution in [3.8, 4) is 39.9 Å². The van der Waals surface area contributed by atoms with Gasteiger partial charge in [-0.15, -0.1) is 0 Å². The number of hydrogen-bond donors (Lipinski definition) is 0. The van der Waals surface area contributed by atoms with Crippen LogP contribution in [0, 0.1) is 0 Å². The highest BCUT2D eigenvalue weighted by Crippen LogP contribution is 2.45. The van der Waals surface area contributed by atoms with Crippen molar-refractivity contribution < 1.29 is 4.42 Å². The molecule has 0 spiro atoms. The third-order valence-corrected chi connectivity index (χ3v) is 11.7. The monoisotopic (exact) mass is 727 g/mol. The van der Waals surface area contributed by atoms with Crippen molar-refractivity contribution in [3.63, 3.8) is 0 Å². The Morgan fingerprint density at radius 2 is 0.895 bits per heavy atom. The lowest BCUT2D eigenvalue weighted by molar-refractivity contribution is 0.669. The SMILES string of the molecule is c1ccc(-c2nc(-c3ccccc3)nc(-c3cc(-n4c5ccccc5c5cc6c7cccc8c9ccccc9n(c6cc54)c87)c4c(c3)oc3ccccc34)n2)cc1. The summed E-state index contributed by atoms with van der Waals surface area (Å²) in [6, 6.07) is 61.8. The Labute approximate surface area is 324 Å². The molecule has 0 N–H and O–H groups in total. The standard InChI is InChI=1S/C51H29N5O/c1-3-14-30(15-4-1)49-52-50(31-16-5-2-6-17-31)54-51(53-49)32-26-44(47-37-20-9-12-25-45(37)57-46(47)27-32)55-40-23-10-8-19-34(40)38-28-39-36-22-13-21-35-33-18-7-11-24-41(33)56(48(35)36)43(39)29-42(38)55/h1-29H. The molecule has 0 aliphatic carbocycles. The van der Waals surface area contributed by atoms with Crippen LogP contribution < -0.4 is 0 Å². The van der Waals surface area contributed by atoms with E-state index >= 15 is 0 Å². The van der Waals surface area contributed by atoms with E-state index in [9.17, 15) is 0 Å². The molecule has 0 atom stereocenters. The fraction of sp³-hybridized carbons (Fsp3) is 0. The highest BCUT2D eigenvalue weighted by atomic mass is 16.3. The molecule has 0 bridgehead atoms. The van der Waals surface area contributed by atoms with Gasteiger partial charge in [-0.25, -0.2) is 15.0 Å². The van der Waals surface area contributed by atoms with Gasteiger partial charge in [0.2, 0.25) is 0 Å². The zero-order valence-electron chi connectivity index (χ0n) is 30.4. The van der Waals surface area contributed by atoms with E-state index in [4.69, 9.17) is 19.4 Å². The van der Waals surface area contributed by atoms with E-state index in [0.29, 0.717) is 17.5 Å². The molecule has 0 aliphatic heterocycles. The molecule has 13 rings (SSSR count). The van der Waals surface area contributed by atoms with Gasteiger partial charge in [0, 0.05) is 54.4 Å². The Hall–Kier alpha value is -7.83. The quantitative estimate of drug-likeness (QED) is 0.181. The zero-order valence-corrected chi connectivity index (χ0v) is 30.4. The summed E-state index contributed by atoms with van der Waals surface area (Å²) in [5, 5.41) is 9.53. The van der Waals surface area contributed by atoms with Crippen LogP contribution in [0.25, 0.3) is 122 Å². The number of furan rings is 1. The molecule has 13 aromatic rings. The van der Waals surface area contributed by atoms with E-state index in [1.807, 2.05) is 72.8 Å². The summed E-state index contributed by atoms with van der Waals surface area (Å²) < 4.78 is 11.6. The van der Waals surface area contributed by atoms with Crippen LogP contribution in [0.15, 0.2) is 180 Å². The maximum absolute atomic E-state index is 6.71. The van der Waals surface area contributed by atoms with Crippen LogP contribution in [0.2, 0.25) is 0 Å². The molecule has 264 valence electrons. The van der Waals surface area contributed by atoms with Gasteiger partial charge < -0.3 is 13.4 Å². The summed E-state index contributed by atoms with van der Waals surface area (Å²) in [6.07, 6.45) is 0. The molecular formula is C51H29N5O. The first kappa shape index (κ1) is 30.5. The zero-order chi connectivity index (χ0) is 37.2. The molecule has 57 heavy (non-hydrogen) atoms. The van der Waals surface area contributed by atoms with Crippen LogP contribution in [-0.4, -0.2) is 23.9 Å². The van der Waals surface area contributed by atoms with Crippen LogP contribution in [0.5, 0.6) is 0 Å². The Balaban J connectivity index is 1.16. The average Bonchev–Trinajstić information content (AvgIpc) is 4.01. The predicted octanol–water partition coefficient (Wildman–Crippen LogP) is 13.0. The van der Waals surface area contributed by atoms with Crippen LogP contribution >= 0.6 is 0 Å². The predicted molar refractivity (Wildman–Crippen MR) is 232 cm³/mol. The number of fused-ring (bicyclic) bond motifs is 12. The minimum absolute atomic E-state index is 0.574. The van der Waals surface area contributed by atoms with E-state index in [1.165, 1.54) is 48.9 Å². The van der Waals surface area contributed by atoms with Gasteiger partial charge in [0.25, 0.3) is 0 Å². The second kappa shape index (κ2) is 11.4. The average molecular weight is 728 g/mol. The molecule has 0 aliphatic rings. The maximum atomic E-state index is 6.71. The molecule has 6 nitrogen and oxygen atoms in total. The molecule has 5 heterocycles. The van der Waals surface area contributed by atoms with Gasteiger partial charge in [-0.3, -0.25) is 0 Å². The number of benzene rings is 8. The fourth-order valence-corrected chi connectivity index (χ4v) is 9.23. The molecule has 0 saturated heterocycles. The van der Waals surface area contributed by atoms with Crippen molar-refractivity contribution in [2.45, 2.75) is 0 Å². The summed E-state index contributed by atoms with van der Waals surface area (Å²) in [4.78, 5) is 15.3. The first-order valence-corrected chi connectivity index (χ1v) is 19.2. The molecule has 0 saturated carbocycles. The minimum atomic E-state index is 0.574. The van der Waals surface area contributed by atoms with E-state index < -0.39 is 0 Å². The molecule has 0 fully saturated rings. The minimum Gasteiger partial charge on any atom is -0.456 e. The van der Waals surface area contributed by atoms with Gasteiger partial charge in [-0.2, -0.15) is 0 Å². The summed E-state index contributed by atoms with van der Waals surface area (Å²) in [5.74, 6) is 1.80. The number of para-hydroxylation sites is 4. The van der Waals surface area contributed by atoms with Crippen LogP contribution in [0.3, 0.4) is 0 Å². The number of hydrogen-bond acceptors (Lipinski definition) is 4. The molecule has 8 aromatic carbocycles. The van der Waals surface area contributed by atoms with Crippen LogP contribution in [-0.2, 0) is 0 Å². The Morgan fingerprint density at radius 3 is 1.61 bits per heavy atom. The van der Waals surface area contributed by atoms with Gasteiger partial charge in [0.05, 0.1) is 38.7 Å². The van der Waals surface area contributed by atoms with E-state index in [2.05, 4.69) is 112 Å². The number of aromatic nitrogens is 5. The fourth-order valence-electron chi connectivity index (χ4n) is 9.23. The van der Waals surface area contributed by atoms with Crippen molar-refractivity contribution >= 4 is 81.8 Å². The van der Waals surface area contributed by atoms with E-state index in [-0.39, 0.29) is 0 Å². The Morgan fingerprint density at radius 1 is 0.351 bits per heavy atom. The first-order chi connectivity index (χ1) is 28.3. The van der Waals surface area contributed by atoms with Crippen molar-refractivity contribution in [3.05, 3.63) is 176 Å². The smallest absolute Gasteiger partial charge is 0.164 e. The van der Waals surface area contributed by atoms with Crippen molar-refractivity contribution in [1.82, 2.24) is 23.9 Å². The Bertz CT molecular complexity index is 3690. The molecule has 0 unspecified atom stereocenters. The highest BCUT2D eigenvalue weighted by Gasteiger charge is 2.24. The van der Waals surface area contributed by atoms with Gasteiger partial charge in [-0.05, 0) is 42.5 Å². The molecular weight excluding hydrogens is 699 g/mol. The van der Waals surface area contributed by atoms with Gasteiger partial charge >= 0.3 is 0 Å². The first-order valence-electron chi connectivity index (χ1n) is 19.2. The van der Waals surface area contributed by atoms with Gasteiger partial charge in [-0.1, -0.05) is 133 Å². The second-order valence-electron chi connectivity index (χ2n) is 14.8. The second-order valence-corrected chi connectivity index (χ2v) is 14.8. The largest absolute Gasteiger partial charge is 0.456 e. The third kappa shape index (κ3) is 4.26. The Kier molecular flexibility index (Phi) is 6.07. The van der Waals surface area contributed by atoms with Gasteiger partial charge in [0.15, 0.2) is 17.5 Å². The summed E-state index contributed by atoms with van der Waals surface area (Å²) >= 11 is 0. The van der Waals surface area contributed by atoms with Crippen molar-refractivity contribution in [2.75, 3.05) is 0 Å². The lowest BCUT2D eigenvalue weighted by Gasteiger charge is -2.13. The third-order valence-electron chi connectivity index (χ3n) is 11.7. The maximum Gasteiger partial charge on any atom is 0.164 e. The number of nitrogens with zero attached hydrogens (tertiary/aromatic N) is 5. The van der Waals surface area contributed by atoms with Gasteiger partial charge in [0.1, 0.15) is 11.2 Å². The lowest BCUT2D eigenvalue weighted by atomic mass is 10.1. The van der Waals surface area contributed by atoms with Crippen LogP contribution in [0.4, 0.5) is 0 Å². The normalized spacial score (nSPS) is 12.2. The molecule has 0 amide bonds. The van der Waals surface area contributed by atoms with E-state index in [0.717, 1.165) is 55.3 Å². The highest BCUT2D eigenvalue weighted by molar-refractivity contribution is 6.26. The van der Waals surface area contributed by atoms with Crippen molar-refractivity contribution in [2.24, 2.45) is 0 Å². The van der Waals surface area contributed by atoms with Crippen molar-refractivity contribution in [1.29, 1.82) is 0 Å². The van der Waals surface area contributed by atoms with Crippen LogP contribution in [0.1, 0.15) is 0 Å². The lowest BCUT2D eigenvalue weighted by Crippen LogP contribution is -2.01. The topological polar surface area (TPSA) is 61.2 Å². The summed E-state index contributed by atoms with van der Waals surface area (Å²) in [7, 11) is 0. The van der Waals surface area contributed by atoms with E-state index in [1.54, 1.807) is 0 Å². The summed E-state index contributed by atoms with van der Waals surface area (Å²) in [6.45, 7) is 0. The molecule has 0 radical (unpaired) electrons. The number of rotatable bonds is 4. The molecule has 5 aromatic heterocycles. The summed E-state index contributed by atoms with van der Waals surface area (Å²) in [5.41, 5.74) is 11.2. The molecule has 6 heteroatoms.